The molecule has 0 saturated carbocycles. The van der Waals surface area contributed by atoms with Crippen LogP contribution in [0, 0.1) is 30.6 Å². The number of oxime groups is 1. The lowest BCUT2D eigenvalue weighted by Crippen LogP contribution is -2.46. The van der Waals surface area contributed by atoms with Gasteiger partial charge in [0.2, 0.25) is 0 Å². The lowest BCUT2D eigenvalue weighted by atomic mass is 9.78. The van der Waals surface area contributed by atoms with Gasteiger partial charge in [-0.2, -0.15) is 0 Å². The Labute approximate surface area is 313 Å². The van der Waals surface area contributed by atoms with Crippen molar-refractivity contribution in [3.63, 3.8) is 0 Å². The van der Waals surface area contributed by atoms with Crippen molar-refractivity contribution in [3.05, 3.63) is 52.8 Å². The highest BCUT2D eigenvalue weighted by Gasteiger charge is 2.50. The number of Topliss-reactive ketones (excluding diaryl/α,β-unsaturated/α-hetero) is 1. The number of methoxy groups -OCH3 is 1. The molecule has 3 aliphatic heterocycles. The van der Waals surface area contributed by atoms with Crippen molar-refractivity contribution in [2.24, 2.45) is 28.8 Å². The summed E-state index contributed by atoms with van der Waals surface area (Å²) in [7, 11) is 2.66. The van der Waals surface area contributed by atoms with E-state index >= 15 is 0 Å². The number of phenols is 3. The van der Waals surface area contributed by atoms with Gasteiger partial charge in [-0.05, 0) is 19.9 Å². The molecule has 15 nitrogen and oxygen atoms in total. The third kappa shape index (κ3) is 7.74. The number of fused-ring (bicyclic) bond motifs is 14. The fraction of sp³-hybridized carbons (Fsp3) is 0.487. The number of allylic oxidation sites excluding steroid dienone is 2. The number of anilines is 1. The van der Waals surface area contributed by atoms with E-state index in [4.69, 9.17) is 23.8 Å². The molecule has 0 saturated heterocycles. The summed E-state index contributed by atoms with van der Waals surface area (Å²) < 4.78 is 23.3. The third-order valence-electron chi connectivity index (χ3n) is 10.3. The van der Waals surface area contributed by atoms with Crippen LogP contribution in [0.4, 0.5) is 5.69 Å². The minimum Gasteiger partial charge on any atom is -0.507 e. The summed E-state index contributed by atoms with van der Waals surface area (Å²) in [5.41, 5.74) is -0.636. The maximum Gasteiger partial charge on any atom is 0.312 e. The molecule has 0 spiro atoms. The van der Waals surface area contributed by atoms with Gasteiger partial charge in [-0.15, -0.1) is 0 Å². The number of esters is 1. The Bertz CT molecular complexity index is 1920. The SMILES string of the molecule is CO/N=C/c1c2c(O)c3c(O)c(C)c4c(c3c1O)C(=O)[C@@](C)(O/C=C/C(OC)[C@@H](C)[C@@H](OC(C)=O)[C@H](C)[C@H](O)[C@H](C)[C@@H](O)[C@@H](C)/C=C/C=C(/C)C(=O)N2)O4. The summed E-state index contributed by atoms with van der Waals surface area (Å²) in [6.07, 6.45) is 4.44. The van der Waals surface area contributed by atoms with Gasteiger partial charge in [0.25, 0.3) is 11.7 Å². The van der Waals surface area contributed by atoms with Crippen molar-refractivity contribution in [3.8, 4) is 23.0 Å². The van der Waals surface area contributed by atoms with E-state index in [0.717, 1.165) is 6.21 Å². The van der Waals surface area contributed by atoms with Crippen molar-refractivity contribution in [2.75, 3.05) is 19.5 Å². The zero-order chi connectivity index (χ0) is 40.4. The second kappa shape index (κ2) is 16.5. The second-order valence-electron chi connectivity index (χ2n) is 14.0. The van der Waals surface area contributed by atoms with Crippen molar-refractivity contribution >= 4 is 40.3 Å². The van der Waals surface area contributed by atoms with Gasteiger partial charge in [0, 0.05) is 61.2 Å². The largest absolute Gasteiger partial charge is 0.507 e. The minimum absolute atomic E-state index is 0.0323. The van der Waals surface area contributed by atoms with E-state index in [1.165, 1.54) is 60.3 Å². The first kappa shape index (κ1) is 41.6. The van der Waals surface area contributed by atoms with Crippen LogP contribution in [0.5, 0.6) is 23.0 Å². The molecule has 5 bridgehead atoms. The topological polar surface area (TPSA) is 223 Å². The number of nitrogens with zero attached hydrogens (tertiary/aromatic N) is 1. The summed E-state index contributed by atoms with van der Waals surface area (Å²) in [5, 5.41) is 63.0. The normalized spacial score (nSPS) is 31.7. The number of nitrogens with one attached hydrogen (secondary N) is 1. The van der Waals surface area contributed by atoms with E-state index in [-0.39, 0.29) is 44.5 Å². The number of ether oxygens (including phenoxy) is 4. The first-order valence-electron chi connectivity index (χ1n) is 17.5. The fourth-order valence-corrected chi connectivity index (χ4v) is 6.98. The molecule has 1 amide bonds. The molecule has 2 aromatic carbocycles. The molecule has 6 N–H and O–H groups in total. The number of carbonyl (C=O) groups is 3. The van der Waals surface area contributed by atoms with E-state index in [0.29, 0.717) is 0 Å². The van der Waals surface area contributed by atoms with Crippen LogP contribution in [0.3, 0.4) is 0 Å². The number of hydrogen-bond acceptors (Lipinski definition) is 14. The van der Waals surface area contributed by atoms with Crippen LogP contribution in [0.25, 0.3) is 10.8 Å². The van der Waals surface area contributed by atoms with Crippen LogP contribution >= 0.6 is 0 Å². The Hall–Kier alpha value is -5.12. The molecule has 294 valence electrons. The second-order valence-corrected chi connectivity index (χ2v) is 14.0. The van der Waals surface area contributed by atoms with Gasteiger partial charge in [0.05, 0.1) is 53.0 Å². The predicted octanol–water partition coefficient (Wildman–Crippen LogP) is 4.73. The number of ketones is 1. The Morgan fingerprint density at radius 1 is 0.944 bits per heavy atom. The van der Waals surface area contributed by atoms with Gasteiger partial charge in [-0.25, -0.2) is 0 Å². The lowest BCUT2D eigenvalue weighted by molar-refractivity contribution is -0.160. The molecule has 3 heterocycles. The molecule has 2 aromatic rings. The summed E-state index contributed by atoms with van der Waals surface area (Å²) in [6, 6.07) is 0. The number of aromatic hydroxyl groups is 3. The standard InChI is InChI=1S/C39H50N2O13/c1-17-12-11-13-18(2)38(49)41-29-24(16-40-51-10)33(46)26-27(34(29)47)32(45)22(6)36-28(26)37(48)39(8,54-36)52-15-14-25(50-9)19(3)35(53-23(7)42)21(5)31(44)20(4)30(17)43/h11-17,19-21,25,30-31,35,43-47H,1-10H3,(H,41,49)/b12-11+,15-14+,18-13-,40-16+/t17-,19+,20+,21+,25?,30-,31+,35+,39-/m0/s1. The van der Waals surface area contributed by atoms with Crippen LogP contribution in [0.15, 0.2) is 41.3 Å². The first-order valence-corrected chi connectivity index (χ1v) is 17.5. The molecular formula is C39H50N2O13. The van der Waals surface area contributed by atoms with Gasteiger partial charge >= 0.3 is 11.8 Å². The highest BCUT2D eigenvalue weighted by atomic mass is 16.7. The van der Waals surface area contributed by atoms with Crippen molar-refractivity contribution in [2.45, 2.75) is 85.6 Å². The number of rotatable bonds is 4. The fourth-order valence-electron chi connectivity index (χ4n) is 6.98. The molecule has 0 aliphatic carbocycles. The molecule has 9 atom stereocenters. The molecule has 0 radical (unpaired) electrons. The number of amides is 1. The number of phenolic OH excluding ortho intramolecular Hbond substituents is 3. The van der Waals surface area contributed by atoms with Gasteiger partial charge in [-0.3, -0.25) is 14.4 Å². The van der Waals surface area contributed by atoms with Gasteiger partial charge in [0.15, 0.2) is 5.75 Å². The maximum absolute atomic E-state index is 14.2. The first-order chi connectivity index (χ1) is 25.3. The Morgan fingerprint density at radius 3 is 2.22 bits per heavy atom. The molecule has 0 fully saturated rings. The third-order valence-corrected chi connectivity index (χ3v) is 10.3. The Balaban J connectivity index is 1.96. The lowest BCUT2D eigenvalue weighted by Gasteiger charge is -2.38. The van der Waals surface area contributed by atoms with Crippen molar-refractivity contribution in [1.29, 1.82) is 0 Å². The smallest absolute Gasteiger partial charge is 0.312 e. The summed E-state index contributed by atoms with van der Waals surface area (Å²) in [4.78, 5) is 44.7. The predicted molar refractivity (Wildman–Crippen MR) is 198 cm³/mol. The van der Waals surface area contributed by atoms with Gasteiger partial charge in [0.1, 0.15) is 30.5 Å². The molecule has 3 aliphatic rings. The monoisotopic (exact) mass is 754 g/mol. The number of aliphatic hydroxyl groups is 2. The Morgan fingerprint density at radius 2 is 1.61 bits per heavy atom. The number of hydrogen-bond donors (Lipinski definition) is 6. The van der Waals surface area contributed by atoms with E-state index in [1.54, 1.807) is 39.8 Å². The van der Waals surface area contributed by atoms with Crippen LogP contribution in [0.1, 0.15) is 70.0 Å². The summed E-state index contributed by atoms with van der Waals surface area (Å²) in [6.45, 7) is 12.4. The highest BCUT2D eigenvalue weighted by molar-refractivity contribution is 6.23. The highest BCUT2D eigenvalue weighted by Crippen LogP contribution is 2.55. The average molecular weight is 755 g/mol. The van der Waals surface area contributed by atoms with Crippen LogP contribution in [0.2, 0.25) is 0 Å². The molecule has 54 heavy (non-hydrogen) atoms. The van der Waals surface area contributed by atoms with Crippen LogP contribution in [-0.2, 0) is 28.6 Å². The van der Waals surface area contributed by atoms with Crippen LogP contribution in [-0.4, -0.2) is 93.8 Å². The number of aliphatic hydroxyl groups excluding tert-OH is 2. The van der Waals surface area contributed by atoms with E-state index < -0.39 is 88.8 Å². The van der Waals surface area contributed by atoms with Crippen molar-refractivity contribution in [1.82, 2.24) is 0 Å². The maximum atomic E-state index is 14.2. The average Bonchev–Trinajstić information content (AvgIpc) is 3.39. The molecule has 15 heteroatoms. The molecule has 1 unspecified atom stereocenters. The number of carbonyl (C=O) groups excluding carboxylic acids is 3. The summed E-state index contributed by atoms with van der Waals surface area (Å²) in [5.74, 6) is -8.63. The van der Waals surface area contributed by atoms with Gasteiger partial charge in [-0.1, -0.05) is 51.1 Å². The van der Waals surface area contributed by atoms with Crippen molar-refractivity contribution < 1.29 is 63.7 Å². The van der Waals surface area contributed by atoms with E-state index in [9.17, 15) is 39.9 Å². The minimum atomic E-state index is -2.05. The zero-order valence-corrected chi connectivity index (χ0v) is 32.0. The molecular weight excluding hydrogens is 704 g/mol. The Kier molecular flexibility index (Phi) is 12.7. The van der Waals surface area contributed by atoms with E-state index in [1.807, 2.05) is 0 Å². The molecule has 0 aromatic heterocycles. The quantitative estimate of drug-likeness (QED) is 0.0818. The van der Waals surface area contributed by atoms with Gasteiger partial charge < -0.3 is 54.6 Å². The number of benzene rings is 2. The molecule has 5 rings (SSSR count). The van der Waals surface area contributed by atoms with E-state index in [2.05, 4.69) is 10.5 Å². The van der Waals surface area contributed by atoms with Crippen LogP contribution < -0.4 is 10.1 Å². The zero-order valence-electron chi connectivity index (χ0n) is 32.0. The summed E-state index contributed by atoms with van der Waals surface area (Å²) >= 11 is 0.